The van der Waals surface area contributed by atoms with Crippen molar-refractivity contribution >= 4 is 38.0 Å². The van der Waals surface area contributed by atoms with Gasteiger partial charge in [-0.3, -0.25) is 4.79 Å². The molecule has 2 aromatic carbocycles. The zero-order chi connectivity index (χ0) is 23.7. The maximum Gasteiger partial charge on any atom is 0.437 e. The van der Waals surface area contributed by atoms with Crippen molar-refractivity contribution in [3.63, 3.8) is 0 Å². The van der Waals surface area contributed by atoms with E-state index in [9.17, 15) is 18.0 Å². The van der Waals surface area contributed by atoms with Crippen molar-refractivity contribution in [3.05, 3.63) is 70.5 Å². The molecule has 176 valence electrons. The first-order valence-electron chi connectivity index (χ1n) is 10.8. The van der Waals surface area contributed by atoms with E-state index in [0.717, 1.165) is 20.3 Å². The summed E-state index contributed by atoms with van der Waals surface area (Å²) in [5.41, 5.74) is 0. The summed E-state index contributed by atoms with van der Waals surface area (Å²) in [5, 5.41) is 7.86. The molecule has 0 saturated carbocycles. The minimum Gasteiger partial charge on any atom is -0.387 e. The average molecular weight is 499 g/mol. The summed E-state index contributed by atoms with van der Waals surface area (Å²) in [6.45, 7) is 1.11. The third-order valence-electron chi connectivity index (χ3n) is 5.83. The van der Waals surface area contributed by atoms with Crippen molar-refractivity contribution in [2.24, 2.45) is 0 Å². The second-order valence-corrected chi connectivity index (χ2v) is 10.8. The number of thiophene rings is 1. The lowest BCUT2D eigenvalue weighted by Gasteiger charge is -2.34. The molecule has 0 spiro atoms. The number of carbonyl (C=O) groups excluding carboxylic acids is 1. The Morgan fingerprint density at radius 1 is 1.00 bits per heavy atom. The van der Waals surface area contributed by atoms with Crippen LogP contribution in [-0.4, -0.2) is 59.5 Å². The van der Waals surface area contributed by atoms with E-state index >= 15 is 0 Å². The fourth-order valence-corrected chi connectivity index (χ4v) is 6.06. The highest BCUT2D eigenvalue weighted by Crippen LogP contribution is 2.23. The maximum absolute atomic E-state index is 13.1. The van der Waals surface area contributed by atoms with Crippen LogP contribution >= 0.6 is 11.3 Å². The fourth-order valence-electron chi connectivity index (χ4n) is 3.96. The van der Waals surface area contributed by atoms with Crippen molar-refractivity contribution < 1.29 is 17.6 Å². The number of benzene rings is 2. The second kappa shape index (κ2) is 9.16. The molecule has 1 aliphatic heterocycles. The number of sulfonamides is 1. The van der Waals surface area contributed by atoms with Crippen LogP contribution in [0.2, 0.25) is 0 Å². The molecule has 2 aromatic heterocycles. The molecule has 0 N–H and O–H groups in total. The van der Waals surface area contributed by atoms with Crippen molar-refractivity contribution in [2.75, 3.05) is 26.2 Å². The molecule has 11 heteroatoms. The molecule has 3 heterocycles. The molecule has 34 heavy (non-hydrogen) atoms. The number of piperazine rings is 1. The average Bonchev–Trinajstić information content (AvgIpc) is 3.52. The first-order valence-corrected chi connectivity index (χ1v) is 13.1. The van der Waals surface area contributed by atoms with Crippen LogP contribution in [0.25, 0.3) is 21.5 Å². The summed E-state index contributed by atoms with van der Waals surface area (Å²) in [5.74, 6) is -0.530. The van der Waals surface area contributed by atoms with Gasteiger partial charge in [0.05, 0.1) is 16.3 Å². The van der Waals surface area contributed by atoms with Crippen LogP contribution < -0.4 is 5.76 Å². The molecule has 1 aliphatic rings. The van der Waals surface area contributed by atoms with E-state index in [-0.39, 0.29) is 42.7 Å². The first kappa shape index (κ1) is 22.5. The topological polar surface area (TPSA) is 106 Å². The number of aryl methyl sites for hydroxylation is 1. The van der Waals surface area contributed by atoms with Crippen molar-refractivity contribution in [1.82, 2.24) is 19.0 Å². The van der Waals surface area contributed by atoms with Gasteiger partial charge in [0.15, 0.2) is 0 Å². The Balaban J connectivity index is 1.19. The third-order valence-corrected chi connectivity index (χ3v) is 8.58. The highest BCUT2D eigenvalue weighted by molar-refractivity contribution is 7.89. The van der Waals surface area contributed by atoms with Gasteiger partial charge < -0.3 is 9.32 Å². The van der Waals surface area contributed by atoms with E-state index in [2.05, 4.69) is 5.10 Å². The van der Waals surface area contributed by atoms with Gasteiger partial charge in [0.1, 0.15) is 0 Å². The quantitative estimate of drug-likeness (QED) is 0.405. The predicted molar refractivity (Wildman–Crippen MR) is 128 cm³/mol. The van der Waals surface area contributed by atoms with E-state index in [4.69, 9.17) is 4.42 Å². The first-order chi connectivity index (χ1) is 16.4. The Morgan fingerprint density at radius 3 is 2.50 bits per heavy atom. The van der Waals surface area contributed by atoms with E-state index < -0.39 is 15.8 Å². The SMILES string of the molecule is O=C(CCn1nc(-c2cccs2)oc1=O)N1CCN(S(=O)(=O)c2ccc3ccccc3c2)CC1. The van der Waals surface area contributed by atoms with Crippen LogP contribution in [0.5, 0.6) is 0 Å². The van der Waals surface area contributed by atoms with Gasteiger partial charge in [-0.1, -0.05) is 36.4 Å². The highest BCUT2D eigenvalue weighted by atomic mass is 32.2. The smallest absolute Gasteiger partial charge is 0.387 e. The summed E-state index contributed by atoms with van der Waals surface area (Å²) in [6.07, 6.45) is 0.0771. The largest absolute Gasteiger partial charge is 0.437 e. The maximum atomic E-state index is 13.1. The van der Waals surface area contributed by atoms with Gasteiger partial charge in [-0.15, -0.1) is 16.4 Å². The summed E-state index contributed by atoms with van der Waals surface area (Å²) in [6, 6.07) is 16.4. The molecule has 0 aliphatic carbocycles. The Bertz CT molecular complexity index is 1480. The number of fused-ring (bicyclic) bond motifs is 1. The fraction of sp³-hybridized carbons (Fsp3) is 0.261. The van der Waals surface area contributed by atoms with E-state index in [1.807, 2.05) is 35.7 Å². The molecular weight excluding hydrogens is 476 g/mol. The van der Waals surface area contributed by atoms with E-state index in [0.29, 0.717) is 13.1 Å². The number of carbonyl (C=O) groups is 1. The summed E-state index contributed by atoms with van der Waals surface area (Å²) in [4.78, 5) is 27.3. The van der Waals surface area contributed by atoms with Gasteiger partial charge in [-0.05, 0) is 34.4 Å². The summed E-state index contributed by atoms with van der Waals surface area (Å²) >= 11 is 1.41. The molecule has 0 bridgehead atoms. The molecule has 0 atom stereocenters. The third kappa shape index (κ3) is 4.41. The van der Waals surface area contributed by atoms with Crippen LogP contribution in [0.3, 0.4) is 0 Å². The zero-order valence-electron chi connectivity index (χ0n) is 18.2. The Kier molecular flexibility index (Phi) is 6.07. The number of rotatable bonds is 6. The van der Waals surface area contributed by atoms with Gasteiger partial charge >= 0.3 is 5.76 Å². The van der Waals surface area contributed by atoms with Gasteiger partial charge in [0, 0.05) is 32.6 Å². The van der Waals surface area contributed by atoms with Crippen molar-refractivity contribution in [1.29, 1.82) is 0 Å². The van der Waals surface area contributed by atoms with Crippen molar-refractivity contribution in [3.8, 4) is 10.8 Å². The van der Waals surface area contributed by atoms with Crippen LogP contribution in [0.1, 0.15) is 6.42 Å². The summed E-state index contributed by atoms with van der Waals surface area (Å²) < 4.78 is 34.0. The molecular formula is C23H22N4O5S2. The van der Waals surface area contributed by atoms with Crippen LogP contribution in [0.4, 0.5) is 0 Å². The monoisotopic (exact) mass is 498 g/mol. The molecule has 9 nitrogen and oxygen atoms in total. The van der Waals surface area contributed by atoms with Gasteiger partial charge in [0.2, 0.25) is 15.9 Å². The number of aromatic nitrogens is 2. The molecule has 0 radical (unpaired) electrons. The Hall–Kier alpha value is -3.28. The highest BCUT2D eigenvalue weighted by Gasteiger charge is 2.30. The van der Waals surface area contributed by atoms with Gasteiger partial charge in [-0.2, -0.15) is 8.99 Å². The minimum atomic E-state index is -3.65. The van der Waals surface area contributed by atoms with Gasteiger partial charge in [0.25, 0.3) is 5.89 Å². The Labute approximate surface area is 199 Å². The lowest BCUT2D eigenvalue weighted by molar-refractivity contribution is -0.132. The molecule has 4 aromatic rings. The van der Waals surface area contributed by atoms with E-state index in [1.54, 1.807) is 29.2 Å². The second-order valence-electron chi connectivity index (χ2n) is 7.92. The van der Waals surface area contributed by atoms with Crippen LogP contribution in [0, 0.1) is 0 Å². The van der Waals surface area contributed by atoms with Crippen LogP contribution in [0.15, 0.2) is 74.1 Å². The van der Waals surface area contributed by atoms with E-state index in [1.165, 1.54) is 15.6 Å². The number of nitrogens with zero attached hydrogens (tertiary/aromatic N) is 4. The standard InChI is InChI=1S/C23H22N4O5S2/c28-21(9-10-27-23(29)32-22(24-27)20-6-3-15-33-20)25-11-13-26(14-12-25)34(30,31)19-8-7-17-4-1-2-5-18(17)16-19/h1-8,15-16H,9-14H2. The lowest BCUT2D eigenvalue weighted by atomic mass is 10.1. The van der Waals surface area contributed by atoms with Gasteiger partial charge in [-0.25, -0.2) is 13.2 Å². The van der Waals surface area contributed by atoms with Crippen molar-refractivity contribution in [2.45, 2.75) is 17.9 Å². The Morgan fingerprint density at radius 2 is 1.76 bits per heavy atom. The normalized spacial score (nSPS) is 15.1. The number of hydrogen-bond donors (Lipinski definition) is 0. The van der Waals surface area contributed by atoms with Crippen LogP contribution in [-0.2, 0) is 21.4 Å². The molecule has 1 fully saturated rings. The molecule has 0 unspecified atom stereocenters. The number of hydrogen-bond acceptors (Lipinski definition) is 7. The lowest BCUT2D eigenvalue weighted by Crippen LogP contribution is -2.50. The number of amides is 1. The predicted octanol–water partition coefficient (Wildman–Crippen LogP) is 2.64. The molecule has 5 rings (SSSR count). The zero-order valence-corrected chi connectivity index (χ0v) is 19.8. The molecule has 1 saturated heterocycles. The summed E-state index contributed by atoms with van der Waals surface area (Å²) in [7, 11) is -3.65. The molecule has 1 amide bonds. The minimum absolute atomic E-state index is 0.0771.